The summed E-state index contributed by atoms with van der Waals surface area (Å²) in [5.41, 5.74) is -0.568. The second-order valence-corrected chi connectivity index (χ2v) is 5.67. The first kappa shape index (κ1) is 15.7. The highest BCUT2D eigenvalue weighted by Crippen LogP contribution is 2.23. The average molecular weight is 308 g/mol. The number of hydrogen-bond donors (Lipinski definition) is 0. The zero-order valence-corrected chi connectivity index (χ0v) is 12.7. The molecule has 2 aromatic heterocycles. The molecule has 2 aromatic rings. The van der Waals surface area contributed by atoms with E-state index < -0.39 is 22.3 Å². The first-order chi connectivity index (χ1) is 10.2. The van der Waals surface area contributed by atoms with Crippen molar-refractivity contribution in [1.82, 2.24) is 15.1 Å². The third kappa shape index (κ3) is 3.30. The van der Waals surface area contributed by atoms with Gasteiger partial charge in [-0.3, -0.25) is 14.9 Å². The van der Waals surface area contributed by atoms with Gasteiger partial charge in [0.1, 0.15) is 4.92 Å². The van der Waals surface area contributed by atoms with Gasteiger partial charge in [0.15, 0.2) is 5.76 Å². The SMILES string of the molecule is Cc1nnc(CN(C(=O)c2ccc([N+](=O)[O-])o2)C(C)(C)C)o1. The van der Waals surface area contributed by atoms with E-state index in [2.05, 4.69) is 10.2 Å². The van der Waals surface area contributed by atoms with Crippen LogP contribution in [0.15, 0.2) is 21.0 Å². The highest BCUT2D eigenvalue weighted by Gasteiger charge is 2.31. The number of nitro groups is 1. The Morgan fingerprint density at radius 1 is 1.32 bits per heavy atom. The molecule has 0 aliphatic rings. The van der Waals surface area contributed by atoms with Gasteiger partial charge in [-0.2, -0.15) is 0 Å². The molecule has 0 bridgehead atoms. The zero-order valence-electron chi connectivity index (χ0n) is 12.7. The summed E-state index contributed by atoms with van der Waals surface area (Å²) in [5.74, 6) is -0.410. The predicted octanol–water partition coefficient (Wildman–Crippen LogP) is 2.32. The minimum atomic E-state index is -0.695. The summed E-state index contributed by atoms with van der Waals surface area (Å²) in [4.78, 5) is 24.0. The molecule has 2 heterocycles. The molecule has 0 saturated heterocycles. The Hall–Kier alpha value is -2.71. The second-order valence-electron chi connectivity index (χ2n) is 5.67. The molecule has 1 amide bonds. The van der Waals surface area contributed by atoms with Crippen LogP contribution in [0.1, 0.15) is 43.1 Å². The van der Waals surface area contributed by atoms with Crippen molar-refractivity contribution in [3.8, 4) is 0 Å². The van der Waals surface area contributed by atoms with E-state index in [9.17, 15) is 14.9 Å². The van der Waals surface area contributed by atoms with Crippen LogP contribution in [0.3, 0.4) is 0 Å². The standard InChI is InChI=1S/C13H16N4O5/c1-8-14-15-10(21-8)7-16(13(2,3)4)12(18)9-5-6-11(22-9)17(19)20/h5-6H,7H2,1-4H3. The van der Waals surface area contributed by atoms with Gasteiger partial charge in [-0.15, -0.1) is 10.2 Å². The average Bonchev–Trinajstić information content (AvgIpc) is 3.02. The molecule has 2 rings (SSSR count). The van der Waals surface area contributed by atoms with Crippen molar-refractivity contribution < 1.29 is 18.6 Å². The van der Waals surface area contributed by atoms with E-state index in [1.165, 1.54) is 11.0 Å². The molecule has 0 aliphatic carbocycles. The van der Waals surface area contributed by atoms with Gasteiger partial charge in [-0.05, 0) is 26.8 Å². The van der Waals surface area contributed by atoms with Crippen molar-refractivity contribution in [2.75, 3.05) is 0 Å². The van der Waals surface area contributed by atoms with E-state index in [1.54, 1.807) is 6.92 Å². The van der Waals surface area contributed by atoms with Gasteiger partial charge < -0.3 is 13.7 Å². The minimum absolute atomic E-state index is 0.0810. The van der Waals surface area contributed by atoms with Gasteiger partial charge in [-0.1, -0.05) is 0 Å². The van der Waals surface area contributed by atoms with Crippen LogP contribution in [0.5, 0.6) is 0 Å². The maximum atomic E-state index is 12.6. The Balaban J connectivity index is 2.28. The second kappa shape index (κ2) is 5.58. The lowest BCUT2D eigenvalue weighted by Gasteiger charge is -2.33. The molecule has 9 heteroatoms. The highest BCUT2D eigenvalue weighted by atomic mass is 16.6. The molecular formula is C13H16N4O5. The summed E-state index contributed by atoms with van der Waals surface area (Å²) >= 11 is 0. The summed E-state index contributed by atoms with van der Waals surface area (Å²) in [6, 6.07) is 2.42. The molecule has 0 saturated carbocycles. The van der Waals surface area contributed by atoms with Gasteiger partial charge in [-0.25, -0.2) is 0 Å². The van der Waals surface area contributed by atoms with Crippen molar-refractivity contribution in [2.24, 2.45) is 0 Å². The molecule has 0 N–H and O–H groups in total. The molecule has 0 atom stereocenters. The number of furan rings is 1. The Labute approximate surface area is 126 Å². The summed E-state index contributed by atoms with van der Waals surface area (Å²) in [7, 11) is 0. The van der Waals surface area contributed by atoms with E-state index in [1.807, 2.05) is 20.8 Å². The Morgan fingerprint density at radius 2 is 2.00 bits per heavy atom. The molecule has 0 fully saturated rings. The molecule has 22 heavy (non-hydrogen) atoms. The van der Waals surface area contributed by atoms with Crippen LogP contribution in [0, 0.1) is 17.0 Å². The number of aromatic nitrogens is 2. The van der Waals surface area contributed by atoms with Crippen LogP contribution in [-0.2, 0) is 6.54 Å². The number of hydrogen-bond acceptors (Lipinski definition) is 7. The van der Waals surface area contributed by atoms with Gasteiger partial charge >= 0.3 is 5.88 Å². The lowest BCUT2D eigenvalue weighted by atomic mass is 10.1. The lowest BCUT2D eigenvalue weighted by molar-refractivity contribution is -0.402. The number of aryl methyl sites for hydroxylation is 1. The van der Waals surface area contributed by atoms with E-state index >= 15 is 0 Å². The van der Waals surface area contributed by atoms with Gasteiger partial charge in [0.25, 0.3) is 5.91 Å². The topological polar surface area (TPSA) is 116 Å². The number of carbonyl (C=O) groups excluding carboxylic acids is 1. The molecule has 0 aromatic carbocycles. The first-order valence-electron chi connectivity index (χ1n) is 6.53. The first-order valence-corrected chi connectivity index (χ1v) is 6.53. The fourth-order valence-electron chi connectivity index (χ4n) is 1.82. The number of nitrogens with zero attached hydrogens (tertiary/aromatic N) is 4. The Morgan fingerprint density at radius 3 is 2.45 bits per heavy atom. The monoisotopic (exact) mass is 308 g/mol. The molecule has 9 nitrogen and oxygen atoms in total. The van der Waals surface area contributed by atoms with Crippen LogP contribution >= 0.6 is 0 Å². The van der Waals surface area contributed by atoms with E-state index in [0.717, 1.165) is 6.07 Å². The highest BCUT2D eigenvalue weighted by molar-refractivity contribution is 5.92. The number of carbonyl (C=O) groups is 1. The quantitative estimate of drug-likeness (QED) is 0.628. The summed E-state index contributed by atoms with van der Waals surface area (Å²) in [5, 5.41) is 18.2. The molecular weight excluding hydrogens is 292 g/mol. The summed E-state index contributed by atoms with van der Waals surface area (Å²) in [6.07, 6.45) is 0. The fraction of sp³-hybridized carbons (Fsp3) is 0.462. The molecule has 118 valence electrons. The van der Waals surface area contributed by atoms with Crippen LogP contribution in [0.25, 0.3) is 0 Å². The number of rotatable bonds is 4. The smallest absolute Gasteiger partial charge is 0.424 e. The van der Waals surface area contributed by atoms with Crippen LogP contribution in [0.4, 0.5) is 5.88 Å². The largest absolute Gasteiger partial charge is 0.433 e. The van der Waals surface area contributed by atoms with Gasteiger partial charge in [0.2, 0.25) is 11.8 Å². The van der Waals surface area contributed by atoms with E-state index in [4.69, 9.17) is 8.83 Å². The van der Waals surface area contributed by atoms with E-state index in [0.29, 0.717) is 5.89 Å². The van der Waals surface area contributed by atoms with Crippen molar-refractivity contribution in [3.63, 3.8) is 0 Å². The molecule has 0 aliphatic heterocycles. The van der Waals surface area contributed by atoms with Crippen molar-refractivity contribution in [1.29, 1.82) is 0 Å². The van der Waals surface area contributed by atoms with Crippen molar-refractivity contribution in [2.45, 2.75) is 39.8 Å². The van der Waals surface area contributed by atoms with E-state index in [-0.39, 0.29) is 18.2 Å². The third-order valence-electron chi connectivity index (χ3n) is 2.90. The lowest BCUT2D eigenvalue weighted by Crippen LogP contribution is -2.45. The zero-order chi connectivity index (χ0) is 16.5. The number of amides is 1. The van der Waals surface area contributed by atoms with Crippen LogP contribution in [0.2, 0.25) is 0 Å². The predicted molar refractivity (Wildman–Crippen MR) is 74.0 cm³/mol. The van der Waals surface area contributed by atoms with Crippen LogP contribution in [-0.4, -0.2) is 31.5 Å². The molecule has 0 radical (unpaired) electrons. The van der Waals surface area contributed by atoms with Crippen molar-refractivity contribution >= 4 is 11.8 Å². The normalized spacial score (nSPS) is 11.5. The summed E-state index contributed by atoms with van der Waals surface area (Å²) < 4.78 is 10.3. The maximum absolute atomic E-state index is 12.6. The maximum Gasteiger partial charge on any atom is 0.433 e. The van der Waals surface area contributed by atoms with Crippen LogP contribution < -0.4 is 0 Å². The Bertz CT molecular complexity index is 697. The van der Waals surface area contributed by atoms with Gasteiger partial charge in [0.05, 0.1) is 12.6 Å². The fourth-order valence-corrected chi connectivity index (χ4v) is 1.82. The Kier molecular flexibility index (Phi) is 3.98. The van der Waals surface area contributed by atoms with Crippen molar-refractivity contribution in [3.05, 3.63) is 39.8 Å². The molecule has 0 unspecified atom stereocenters. The molecule has 0 spiro atoms. The third-order valence-corrected chi connectivity index (χ3v) is 2.90. The minimum Gasteiger partial charge on any atom is -0.424 e. The van der Waals surface area contributed by atoms with Gasteiger partial charge in [0, 0.05) is 12.5 Å². The summed E-state index contributed by atoms with van der Waals surface area (Å²) in [6.45, 7) is 7.20.